The van der Waals surface area contributed by atoms with Crippen molar-refractivity contribution in [3.8, 4) is 0 Å². The molecule has 5 nitrogen and oxygen atoms in total. The predicted octanol–water partition coefficient (Wildman–Crippen LogP) is 3.85. The molecule has 6 heteroatoms. The van der Waals surface area contributed by atoms with Crippen molar-refractivity contribution in [1.82, 2.24) is 4.90 Å². The molecule has 1 saturated heterocycles. The van der Waals surface area contributed by atoms with Gasteiger partial charge in [-0.05, 0) is 48.5 Å². The minimum absolute atomic E-state index is 0.0888. The maximum Gasteiger partial charge on any atom is 0.265 e. The molecule has 28 heavy (non-hydrogen) atoms. The van der Waals surface area contributed by atoms with Crippen LogP contribution in [0.15, 0.2) is 54.6 Å². The number of nitrogens with one attached hydrogen (secondary N) is 1. The van der Waals surface area contributed by atoms with Crippen molar-refractivity contribution in [1.29, 1.82) is 0 Å². The van der Waals surface area contributed by atoms with Gasteiger partial charge in [0.25, 0.3) is 5.91 Å². The number of likely N-dealkylation sites (tertiary alicyclic amines) is 1. The summed E-state index contributed by atoms with van der Waals surface area (Å²) >= 11 is 1.50. The molecular formula is C22H23N3O2S. The van der Waals surface area contributed by atoms with Gasteiger partial charge in [-0.1, -0.05) is 36.4 Å². The molecule has 2 amide bonds. The van der Waals surface area contributed by atoms with Gasteiger partial charge >= 0.3 is 0 Å². The highest BCUT2D eigenvalue weighted by molar-refractivity contribution is 7.20. The Hall–Kier alpha value is -2.70. The number of benzene rings is 2. The third-order valence-electron chi connectivity index (χ3n) is 5.22. The fourth-order valence-electron chi connectivity index (χ4n) is 3.73. The van der Waals surface area contributed by atoms with E-state index in [0.29, 0.717) is 18.0 Å². The molecule has 0 saturated carbocycles. The number of primary amides is 1. The van der Waals surface area contributed by atoms with Crippen molar-refractivity contribution in [3.05, 3.63) is 65.0 Å². The summed E-state index contributed by atoms with van der Waals surface area (Å²) in [4.78, 5) is 27.3. The van der Waals surface area contributed by atoms with Gasteiger partial charge in [0, 0.05) is 23.5 Å². The number of piperidine rings is 1. The molecule has 3 N–H and O–H groups in total. The standard InChI is InChI=1S/C22H23N3O2S/c23-21(26)17-8-5-11-25(14-17)13-16-7-1-3-9-18(16)24-22(27)20-12-15-6-2-4-10-19(15)28-20/h1-4,6-7,9-10,12,17H,5,8,11,13-14H2,(H2,23,26)(H,24,27). The number of amides is 2. The molecule has 1 fully saturated rings. The topological polar surface area (TPSA) is 75.4 Å². The van der Waals surface area contributed by atoms with Crippen molar-refractivity contribution in [2.45, 2.75) is 19.4 Å². The van der Waals surface area contributed by atoms with Crippen LogP contribution in [-0.4, -0.2) is 29.8 Å². The molecule has 0 bridgehead atoms. The molecular weight excluding hydrogens is 370 g/mol. The van der Waals surface area contributed by atoms with E-state index in [0.717, 1.165) is 40.7 Å². The number of carbonyl (C=O) groups is 2. The first-order chi connectivity index (χ1) is 13.6. The van der Waals surface area contributed by atoms with E-state index in [1.54, 1.807) is 0 Å². The normalized spacial score (nSPS) is 17.5. The first-order valence-corrected chi connectivity index (χ1v) is 10.3. The van der Waals surface area contributed by atoms with Crippen LogP contribution < -0.4 is 11.1 Å². The zero-order valence-electron chi connectivity index (χ0n) is 15.6. The molecule has 1 aliphatic heterocycles. The average Bonchev–Trinajstić information content (AvgIpc) is 3.14. The Kier molecular flexibility index (Phi) is 5.41. The third kappa shape index (κ3) is 4.08. The van der Waals surface area contributed by atoms with Crippen LogP contribution in [0.25, 0.3) is 10.1 Å². The van der Waals surface area contributed by atoms with Crippen LogP contribution in [0.2, 0.25) is 0 Å². The molecule has 4 rings (SSSR count). The SMILES string of the molecule is NC(=O)C1CCCN(Cc2ccccc2NC(=O)c2cc3ccccc3s2)C1. The van der Waals surface area contributed by atoms with Gasteiger partial charge in [-0.2, -0.15) is 0 Å². The van der Waals surface area contributed by atoms with Crippen LogP contribution >= 0.6 is 11.3 Å². The van der Waals surface area contributed by atoms with Crippen molar-refractivity contribution in [3.63, 3.8) is 0 Å². The Bertz CT molecular complexity index is 981. The van der Waals surface area contributed by atoms with Crippen LogP contribution in [0.4, 0.5) is 5.69 Å². The van der Waals surface area contributed by atoms with Crippen molar-refractivity contribution >= 4 is 38.9 Å². The highest BCUT2D eigenvalue weighted by Crippen LogP contribution is 2.27. The van der Waals surface area contributed by atoms with Crippen LogP contribution in [0.1, 0.15) is 28.1 Å². The minimum Gasteiger partial charge on any atom is -0.369 e. The van der Waals surface area contributed by atoms with Crippen LogP contribution in [-0.2, 0) is 11.3 Å². The molecule has 0 radical (unpaired) electrons. The maximum absolute atomic E-state index is 12.8. The highest BCUT2D eigenvalue weighted by Gasteiger charge is 2.24. The fourth-order valence-corrected chi connectivity index (χ4v) is 4.69. The number of nitrogens with zero attached hydrogens (tertiary/aromatic N) is 1. The second kappa shape index (κ2) is 8.12. The van der Waals surface area contributed by atoms with Gasteiger partial charge in [-0.15, -0.1) is 11.3 Å². The molecule has 144 valence electrons. The molecule has 2 aromatic carbocycles. The Morgan fingerprint density at radius 3 is 2.75 bits per heavy atom. The number of carbonyl (C=O) groups excluding carboxylic acids is 2. The number of hydrogen-bond donors (Lipinski definition) is 2. The molecule has 0 spiro atoms. The summed E-state index contributed by atoms with van der Waals surface area (Å²) in [5.41, 5.74) is 7.35. The van der Waals surface area contributed by atoms with Gasteiger partial charge in [0.15, 0.2) is 0 Å². The monoisotopic (exact) mass is 393 g/mol. The molecule has 2 heterocycles. The van der Waals surface area contributed by atoms with Crippen LogP contribution in [0.5, 0.6) is 0 Å². The van der Waals surface area contributed by atoms with Gasteiger partial charge in [-0.25, -0.2) is 0 Å². The summed E-state index contributed by atoms with van der Waals surface area (Å²) in [6.45, 7) is 2.29. The number of para-hydroxylation sites is 1. The number of thiophene rings is 1. The number of nitrogens with two attached hydrogens (primary N) is 1. The third-order valence-corrected chi connectivity index (χ3v) is 6.33. The zero-order valence-corrected chi connectivity index (χ0v) is 16.4. The number of anilines is 1. The second-order valence-electron chi connectivity index (χ2n) is 7.24. The summed E-state index contributed by atoms with van der Waals surface area (Å²) in [6, 6.07) is 17.8. The van der Waals surface area contributed by atoms with E-state index < -0.39 is 0 Å². The van der Waals surface area contributed by atoms with E-state index in [1.807, 2.05) is 54.6 Å². The van der Waals surface area contributed by atoms with Crippen LogP contribution in [0, 0.1) is 5.92 Å². The summed E-state index contributed by atoms with van der Waals surface area (Å²) in [7, 11) is 0. The van der Waals surface area contributed by atoms with E-state index in [1.165, 1.54) is 11.3 Å². The molecule has 1 atom stereocenters. The lowest BCUT2D eigenvalue weighted by Gasteiger charge is -2.31. The van der Waals surface area contributed by atoms with Crippen molar-refractivity contribution in [2.75, 3.05) is 18.4 Å². The average molecular weight is 394 g/mol. The Balaban J connectivity index is 1.49. The van der Waals surface area contributed by atoms with E-state index in [4.69, 9.17) is 5.73 Å². The number of hydrogen-bond acceptors (Lipinski definition) is 4. The predicted molar refractivity (Wildman–Crippen MR) is 113 cm³/mol. The smallest absolute Gasteiger partial charge is 0.265 e. The lowest BCUT2D eigenvalue weighted by molar-refractivity contribution is -0.123. The quantitative estimate of drug-likeness (QED) is 0.691. The highest BCUT2D eigenvalue weighted by atomic mass is 32.1. The summed E-state index contributed by atoms with van der Waals surface area (Å²) in [6.07, 6.45) is 1.82. The minimum atomic E-state index is -0.226. The van der Waals surface area contributed by atoms with Crippen LogP contribution in [0.3, 0.4) is 0 Å². The summed E-state index contributed by atoms with van der Waals surface area (Å²) in [5, 5.41) is 4.14. The van der Waals surface area contributed by atoms with E-state index in [9.17, 15) is 9.59 Å². The Morgan fingerprint density at radius 1 is 1.14 bits per heavy atom. The van der Waals surface area contributed by atoms with Crippen molar-refractivity contribution in [2.24, 2.45) is 11.7 Å². The zero-order chi connectivity index (χ0) is 19.5. The fraction of sp³-hybridized carbons (Fsp3) is 0.273. The second-order valence-corrected chi connectivity index (χ2v) is 8.32. The van der Waals surface area contributed by atoms with Gasteiger partial charge < -0.3 is 11.1 Å². The molecule has 1 unspecified atom stereocenters. The molecule has 1 aliphatic rings. The number of fused-ring (bicyclic) bond motifs is 1. The molecule has 0 aliphatic carbocycles. The largest absolute Gasteiger partial charge is 0.369 e. The van der Waals surface area contributed by atoms with Gasteiger partial charge in [0.05, 0.1) is 10.8 Å². The lowest BCUT2D eigenvalue weighted by Crippen LogP contribution is -2.40. The summed E-state index contributed by atoms with van der Waals surface area (Å²) in [5.74, 6) is -0.410. The number of rotatable bonds is 5. The van der Waals surface area contributed by atoms with Gasteiger partial charge in [0.2, 0.25) is 5.91 Å². The molecule has 3 aromatic rings. The first kappa shape index (κ1) is 18.7. The Morgan fingerprint density at radius 2 is 1.93 bits per heavy atom. The lowest BCUT2D eigenvalue weighted by atomic mass is 9.97. The Labute approximate surface area is 168 Å². The first-order valence-electron chi connectivity index (χ1n) is 9.49. The van der Waals surface area contributed by atoms with E-state index in [2.05, 4.69) is 10.2 Å². The van der Waals surface area contributed by atoms with E-state index >= 15 is 0 Å². The van der Waals surface area contributed by atoms with Gasteiger partial charge in [0.1, 0.15) is 0 Å². The maximum atomic E-state index is 12.8. The van der Waals surface area contributed by atoms with Crippen molar-refractivity contribution < 1.29 is 9.59 Å². The van der Waals surface area contributed by atoms with Gasteiger partial charge in [-0.3, -0.25) is 14.5 Å². The van der Waals surface area contributed by atoms with E-state index in [-0.39, 0.29) is 17.7 Å². The summed E-state index contributed by atoms with van der Waals surface area (Å²) < 4.78 is 1.10. The molecule has 1 aromatic heterocycles.